The summed E-state index contributed by atoms with van der Waals surface area (Å²) in [5, 5.41) is 3.14. The van der Waals surface area contributed by atoms with E-state index in [-0.39, 0.29) is 24.3 Å². The van der Waals surface area contributed by atoms with Gasteiger partial charge in [0.1, 0.15) is 0 Å². The third kappa shape index (κ3) is 3.27. The third-order valence-corrected chi connectivity index (χ3v) is 5.18. The van der Waals surface area contributed by atoms with E-state index in [0.29, 0.717) is 12.1 Å². The first-order valence-corrected chi connectivity index (χ1v) is 8.65. The zero-order valence-electron chi connectivity index (χ0n) is 15.4. The summed E-state index contributed by atoms with van der Waals surface area (Å²) < 4.78 is 168. The lowest BCUT2D eigenvalue weighted by atomic mass is 9.85. The van der Waals surface area contributed by atoms with Crippen molar-refractivity contribution in [2.45, 2.75) is 36.2 Å². The zero-order chi connectivity index (χ0) is 24.8. The van der Waals surface area contributed by atoms with Crippen molar-refractivity contribution in [2.24, 2.45) is 0 Å². The molecule has 2 aromatic carbocycles. The lowest BCUT2D eigenvalue weighted by Gasteiger charge is -2.54. The molecule has 0 amide bonds. The predicted octanol–water partition coefficient (Wildman–Crippen LogP) is 6.72. The number of halogens is 12. The number of anilines is 2. The summed E-state index contributed by atoms with van der Waals surface area (Å²) in [6, 6.07) is 1.02. The normalized spacial score (nSPS) is 25.0. The summed E-state index contributed by atoms with van der Waals surface area (Å²) >= 11 is 0. The van der Waals surface area contributed by atoms with Gasteiger partial charge < -0.3 is 15.4 Å². The van der Waals surface area contributed by atoms with Crippen molar-refractivity contribution in [1.29, 1.82) is 0 Å². The maximum absolute atomic E-state index is 14.2. The van der Waals surface area contributed by atoms with Gasteiger partial charge in [0.05, 0.1) is 11.1 Å². The Kier molecular flexibility index (Phi) is 4.52. The Hall–Kier alpha value is -2.84. The van der Waals surface area contributed by atoms with Gasteiger partial charge in [-0.05, 0) is 36.4 Å². The molecule has 180 valence electrons. The maximum atomic E-state index is 14.2. The lowest BCUT2D eigenvalue weighted by molar-refractivity contribution is -0.369. The van der Waals surface area contributed by atoms with Crippen LogP contribution >= 0.6 is 0 Å². The van der Waals surface area contributed by atoms with Crippen molar-refractivity contribution in [3.8, 4) is 0 Å². The van der Waals surface area contributed by atoms with Gasteiger partial charge in [0.15, 0.2) is 0 Å². The number of hydrogen-bond donors (Lipinski definition) is 2. The van der Waals surface area contributed by atoms with Gasteiger partial charge in [-0.1, -0.05) is 0 Å². The van der Waals surface area contributed by atoms with Gasteiger partial charge in [-0.3, -0.25) is 0 Å². The molecule has 2 heterocycles. The fourth-order valence-electron chi connectivity index (χ4n) is 3.71. The molecule has 0 saturated heterocycles. The smallest absolute Gasteiger partial charge is 0.346 e. The van der Waals surface area contributed by atoms with Crippen LogP contribution in [0.25, 0.3) is 0 Å². The maximum Gasteiger partial charge on any atom is 0.441 e. The van der Waals surface area contributed by atoms with Gasteiger partial charge in [0, 0.05) is 22.5 Å². The van der Waals surface area contributed by atoms with E-state index >= 15 is 0 Å². The van der Waals surface area contributed by atoms with Crippen LogP contribution < -0.4 is 10.6 Å². The average molecular weight is 496 g/mol. The van der Waals surface area contributed by atoms with Crippen LogP contribution in [-0.2, 0) is 28.5 Å². The average Bonchev–Trinajstić information content (AvgIpc) is 2.64. The Morgan fingerprint density at radius 2 is 0.879 bits per heavy atom. The number of fused-ring (bicyclic) bond motifs is 6. The fraction of sp³-hybridized carbons (Fsp3) is 0.333. The minimum Gasteiger partial charge on any atom is -0.346 e. The van der Waals surface area contributed by atoms with Crippen LogP contribution in [0.1, 0.15) is 22.3 Å². The van der Waals surface area contributed by atoms with E-state index in [9.17, 15) is 52.7 Å². The molecule has 2 atom stereocenters. The molecule has 4 rings (SSSR count). The molecule has 2 aliphatic rings. The molecule has 0 saturated carbocycles. The first kappa shape index (κ1) is 23.3. The van der Waals surface area contributed by atoms with E-state index in [0.717, 1.165) is 0 Å². The molecule has 0 aliphatic carbocycles. The summed E-state index contributed by atoms with van der Waals surface area (Å²) in [4.78, 5) is 0. The molecule has 3 nitrogen and oxygen atoms in total. The van der Waals surface area contributed by atoms with E-state index in [1.807, 2.05) is 0 Å². The number of benzene rings is 2. The Morgan fingerprint density at radius 3 is 1.15 bits per heavy atom. The summed E-state index contributed by atoms with van der Waals surface area (Å²) in [5.41, 5.74) is -16.5. The van der Waals surface area contributed by atoms with Crippen LogP contribution in [0.3, 0.4) is 0 Å². The Balaban J connectivity index is 2.07. The lowest BCUT2D eigenvalue weighted by Crippen LogP contribution is -2.67. The van der Waals surface area contributed by atoms with E-state index in [1.54, 1.807) is 10.6 Å². The predicted molar refractivity (Wildman–Crippen MR) is 86.7 cm³/mol. The molecule has 0 fully saturated rings. The largest absolute Gasteiger partial charge is 0.441 e. The highest BCUT2D eigenvalue weighted by atomic mass is 19.4. The number of ether oxygens (including phenoxy) is 1. The van der Waals surface area contributed by atoms with Crippen molar-refractivity contribution in [3.05, 3.63) is 58.7 Å². The molecule has 2 aromatic rings. The van der Waals surface area contributed by atoms with Crippen molar-refractivity contribution in [2.75, 3.05) is 10.6 Å². The van der Waals surface area contributed by atoms with E-state index < -0.39 is 69.8 Å². The van der Waals surface area contributed by atoms with Crippen molar-refractivity contribution in [1.82, 2.24) is 0 Å². The molecule has 15 heteroatoms. The second kappa shape index (κ2) is 6.39. The van der Waals surface area contributed by atoms with Crippen LogP contribution in [0.5, 0.6) is 0 Å². The van der Waals surface area contributed by atoms with Crippen LogP contribution in [0.4, 0.5) is 64.1 Å². The number of nitrogens with one attached hydrogen (secondary N) is 2. The first-order valence-electron chi connectivity index (χ1n) is 8.65. The highest BCUT2D eigenvalue weighted by Crippen LogP contribution is 2.61. The number of alkyl halides is 12. The van der Waals surface area contributed by atoms with Crippen LogP contribution in [0.15, 0.2) is 36.4 Å². The van der Waals surface area contributed by atoms with E-state index in [1.165, 1.54) is 0 Å². The first-order chi connectivity index (χ1) is 14.8. The second-order valence-corrected chi connectivity index (χ2v) is 7.23. The number of rotatable bonds is 0. The van der Waals surface area contributed by atoms with Gasteiger partial charge in [-0.2, -0.15) is 52.7 Å². The molecule has 2 aliphatic heterocycles. The number of hydrogen-bond acceptors (Lipinski definition) is 3. The highest BCUT2D eigenvalue weighted by molar-refractivity contribution is 5.70. The standard InChI is InChI=1S/C18H8F12N2O/c19-15(20,21)7-1-3-11-9(5-7)13(17(25,26)27)32-12-4-2-8(16(22,23)24)6-10(12)14(31-11,33-13)18(28,29)30/h1-6,31-32H. The summed E-state index contributed by atoms with van der Waals surface area (Å²) in [5.74, 6) is 0. The van der Waals surface area contributed by atoms with E-state index in [2.05, 4.69) is 4.74 Å². The van der Waals surface area contributed by atoms with Crippen molar-refractivity contribution in [3.63, 3.8) is 0 Å². The molecular formula is C18H8F12N2O. The molecule has 2 unspecified atom stereocenters. The van der Waals surface area contributed by atoms with Crippen LogP contribution in [0.2, 0.25) is 0 Å². The fourth-order valence-corrected chi connectivity index (χ4v) is 3.71. The second-order valence-electron chi connectivity index (χ2n) is 7.23. The Morgan fingerprint density at radius 1 is 0.545 bits per heavy atom. The minimum absolute atomic E-state index is 0.0435. The summed E-state index contributed by atoms with van der Waals surface area (Å²) in [6.07, 6.45) is -21.9. The minimum atomic E-state index is -5.79. The van der Waals surface area contributed by atoms with Gasteiger partial charge >= 0.3 is 24.7 Å². The van der Waals surface area contributed by atoms with Gasteiger partial charge in [-0.25, -0.2) is 0 Å². The van der Waals surface area contributed by atoms with Gasteiger partial charge in [-0.15, -0.1) is 0 Å². The monoisotopic (exact) mass is 496 g/mol. The van der Waals surface area contributed by atoms with Crippen LogP contribution in [0, 0.1) is 0 Å². The molecule has 0 spiro atoms. The summed E-state index contributed by atoms with van der Waals surface area (Å²) in [6.45, 7) is 0. The van der Waals surface area contributed by atoms with Crippen molar-refractivity contribution < 1.29 is 57.4 Å². The van der Waals surface area contributed by atoms with Gasteiger partial charge in [0.25, 0.3) is 11.4 Å². The molecule has 2 N–H and O–H groups in total. The van der Waals surface area contributed by atoms with Gasteiger partial charge in [0.2, 0.25) is 0 Å². The molecule has 2 bridgehead atoms. The third-order valence-electron chi connectivity index (χ3n) is 5.18. The van der Waals surface area contributed by atoms with Crippen molar-refractivity contribution >= 4 is 11.4 Å². The van der Waals surface area contributed by atoms with Crippen LogP contribution in [-0.4, -0.2) is 12.4 Å². The molecule has 0 radical (unpaired) electrons. The zero-order valence-corrected chi connectivity index (χ0v) is 15.4. The highest BCUT2D eigenvalue weighted by Gasteiger charge is 2.74. The summed E-state index contributed by atoms with van der Waals surface area (Å²) in [7, 11) is 0. The topological polar surface area (TPSA) is 33.3 Å². The Bertz CT molecular complexity index is 1030. The quantitative estimate of drug-likeness (QED) is 0.398. The molecular weight excluding hydrogens is 488 g/mol. The molecule has 33 heavy (non-hydrogen) atoms. The molecule has 0 aromatic heterocycles. The SMILES string of the molecule is FC(F)(F)c1ccc2c(c1)C1(C(F)(F)F)Nc3ccc(C(F)(F)F)cc3C(C(F)(F)F)(N2)O1. The van der Waals surface area contributed by atoms with E-state index in [4.69, 9.17) is 0 Å². The Labute approximate surface area is 175 Å².